The molecule has 1 N–H and O–H groups in total. The lowest BCUT2D eigenvalue weighted by Gasteiger charge is -2.11. The highest BCUT2D eigenvalue weighted by Gasteiger charge is 2.23. The van der Waals surface area contributed by atoms with Crippen molar-refractivity contribution in [3.8, 4) is 11.3 Å². The summed E-state index contributed by atoms with van der Waals surface area (Å²) in [4.78, 5) is 19.4. The van der Waals surface area contributed by atoms with Gasteiger partial charge in [-0.25, -0.2) is 17.2 Å². The van der Waals surface area contributed by atoms with E-state index in [-0.39, 0.29) is 11.4 Å². The molecule has 8 nitrogen and oxygen atoms in total. The third-order valence-electron chi connectivity index (χ3n) is 3.97. The maximum Gasteiger partial charge on any atom is 0.407 e. The summed E-state index contributed by atoms with van der Waals surface area (Å²) in [6.45, 7) is 1.99. The minimum absolute atomic E-state index is 0.0656. The SMILES string of the molecule is COC(=O)NCc1cc(-c2cnccc2C)n(S(=O)(=O)c2cccnc2)c1. The minimum atomic E-state index is -3.88. The van der Waals surface area contributed by atoms with E-state index in [9.17, 15) is 13.2 Å². The molecule has 0 aromatic carbocycles. The van der Waals surface area contributed by atoms with Crippen LogP contribution < -0.4 is 5.32 Å². The van der Waals surface area contributed by atoms with Gasteiger partial charge >= 0.3 is 6.09 Å². The molecule has 0 aliphatic rings. The summed E-state index contributed by atoms with van der Waals surface area (Å²) < 4.78 is 32.0. The Kier molecular flexibility index (Phi) is 5.22. The van der Waals surface area contributed by atoms with Crippen LogP contribution in [0.15, 0.2) is 60.1 Å². The molecule has 3 heterocycles. The fraction of sp³-hybridized carbons (Fsp3) is 0.167. The third-order valence-corrected chi connectivity index (χ3v) is 5.63. The number of aromatic nitrogens is 3. The van der Waals surface area contributed by atoms with Crippen molar-refractivity contribution in [2.45, 2.75) is 18.4 Å². The van der Waals surface area contributed by atoms with Gasteiger partial charge in [-0.15, -0.1) is 0 Å². The average molecular weight is 386 g/mol. The van der Waals surface area contributed by atoms with Gasteiger partial charge in [0.25, 0.3) is 10.0 Å². The van der Waals surface area contributed by atoms with Crippen LogP contribution in [-0.2, 0) is 21.3 Å². The third kappa shape index (κ3) is 3.82. The molecule has 9 heteroatoms. The van der Waals surface area contributed by atoms with Crippen molar-refractivity contribution in [2.75, 3.05) is 7.11 Å². The molecule has 3 aromatic heterocycles. The summed E-state index contributed by atoms with van der Waals surface area (Å²) in [5.41, 5.74) is 2.60. The summed E-state index contributed by atoms with van der Waals surface area (Å²) >= 11 is 0. The van der Waals surface area contributed by atoms with Crippen molar-refractivity contribution < 1.29 is 17.9 Å². The van der Waals surface area contributed by atoms with E-state index in [1.165, 1.54) is 35.7 Å². The molecule has 0 atom stereocenters. The molecule has 0 radical (unpaired) electrons. The monoisotopic (exact) mass is 386 g/mol. The topological polar surface area (TPSA) is 103 Å². The molecule has 0 bridgehead atoms. The van der Waals surface area contributed by atoms with Crippen LogP contribution in [0.25, 0.3) is 11.3 Å². The Morgan fingerprint density at radius 2 is 2.00 bits per heavy atom. The van der Waals surface area contributed by atoms with Crippen LogP contribution in [0.4, 0.5) is 4.79 Å². The van der Waals surface area contributed by atoms with Crippen LogP contribution in [-0.4, -0.2) is 35.6 Å². The lowest BCUT2D eigenvalue weighted by atomic mass is 10.1. The van der Waals surface area contributed by atoms with Gasteiger partial charge in [-0.2, -0.15) is 0 Å². The first kappa shape index (κ1) is 18.6. The van der Waals surface area contributed by atoms with Crippen molar-refractivity contribution in [3.05, 3.63) is 66.4 Å². The van der Waals surface area contributed by atoms with Crippen molar-refractivity contribution in [1.82, 2.24) is 19.3 Å². The van der Waals surface area contributed by atoms with E-state index in [1.807, 2.05) is 6.92 Å². The largest absolute Gasteiger partial charge is 0.453 e. The summed E-state index contributed by atoms with van der Waals surface area (Å²) in [7, 11) is -2.61. The molecular weight excluding hydrogens is 368 g/mol. The average Bonchev–Trinajstić information content (AvgIpc) is 3.12. The number of methoxy groups -OCH3 is 1. The second-order valence-corrected chi connectivity index (χ2v) is 7.57. The van der Waals surface area contributed by atoms with Crippen molar-refractivity contribution in [2.24, 2.45) is 0 Å². The van der Waals surface area contributed by atoms with Gasteiger partial charge in [0.2, 0.25) is 0 Å². The maximum absolute atomic E-state index is 13.1. The predicted molar refractivity (Wildman–Crippen MR) is 98.5 cm³/mol. The van der Waals surface area contributed by atoms with E-state index >= 15 is 0 Å². The molecule has 0 spiro atoms. The fourth-order valence-electron chi connectivity index (χ4n) is 2.58. The molecule has 140 valence electrons. The molecule has 27 heavy (non-hydrogen) atoms. The zero-order valence-corrected chi connectivity index (χ0v) is 15.6. The van der Waals surface area contributed by atoms with Crippen LogP contribution in [0.2, 0.25) is 0 Å². The Balaban J connectivity index is 2.12. The lowest BCUT2D eigenvalue weighted by Crippen LogP contribution is -2.22. The zero-order valence-electron chi connectivity index (χ0n) is 14.8. The van der Waals surface area contributed by atoms with Crippen molar-refractivity contribution in [3.63, 3.8) is 0 Å². The highest BCUT2D eigenvalue weighted by molar-refractivity contribution is 7.90. The number of ether oxygens (including phenoxy) is 1. The number of rotatable bonds is 5. The summed E-state index contributed by atoms with van der Waals surface area (Å²) in [5.74, 6) is 0. The van der Waals surface area contributed by atoms with Gasteiger partial charge in [-0.05, 0) is 42.3 Å². The predicted octanol–water partition coefficient (Wildman–Crippen LogP) is 2.35. The van der Waals surface area contributed by atoms with E-state index < -0.39 is 16.1 Å². The van der Waals surface area contributed by atoms with Crippen LogP contribution in [0.1, 0.15) is 11.1 Å². The Morgan fingerprint density at radius 3 is 2.67 bits per heavy atom. The first-order valence-electron chi connectivity index (χ1n) is 8.03. The summed E-state index contributed by atoms with van der Waals surface area (Å²) in [6, 6.07) is 6.54. The highest BCUT2D eigenvalue weighted by atomic mass is 32.2. The molecular formula is C18H18N4O4S. The number of aryl methyl sites for hydroxylation is 1. The number of carbonyl (C=O) groups excluding carboxylic acids is 1. The molecule has 3 aromatic rings. The fourth-order valence-corrected chi connectivity index (χ4v) is 3.94. The van der Waals surface area contributed by atoms with E-state index in [0.29, 0.717) is 16.8 Å². The number of nitrogens with zero attached hydrogens (tertiary/aromatic N) is 3. The standard InChI is InChI=1S/C18H18N4O4S/c1-13-5-7-20-11-16(13)17-8-14(9-21-18(23)26-2)12-22(17)27(24,25)15-4-3-6-19-10-15/h3-8,10-12H,9H2,1-2H3,(H,21,23). The number of hydrogen-bond acceptors (Lipinski definition) is 6. The number of amides is 1. The second-order valence-electron chi connectivity index (χ2n) is 5.76. The molecule has 0 fully saturated rings. The van der Waals surface area contributed by atoms with Crippen molar-refractivity contribution in [1.29, 1.82) is 0 Å². The van der Waals surface area contributed by atoms with E-state index in [4.69, 9.17) is 0 Å². The Bertz CT molecular complexity index is 1060. The van der Waals surface area contributed by atoms with Gasteiger partial charge in [0, 0.05) is 43.1 Å². The molecule has 0 unspecified atom stereocenters. The molecule has 0 aliphatic carbocycles. The van der Waals surface area contributed by atoms with Gasteiger partial charge in [0.05, 0.1) is 12.8 Å². The smallest absolute Gasteiger partial charge is 0.407 e. The van der Waals surface area contributed by atoms with E-state index in [0.717, 1.165) is 5.56 Å². The number of nitrogens with one attached hydrogen (secondary N) is 1. The molecule has 0 saturated carbocycles. The van der Waals surface area contributed by atoms with Crippen LogP contribution in [0.5, 0.6) is 0 Å². The van der Waals surface area contributed by atoms with Gasteiger partial charge in [-0.1, -0.05) is 0 Å². The van der Waals surface area contributed by atoms with Gasteiger partial charge in [-0.3, -0.25) is 9.97 Å². The van der Waals surface area contributed by atoms with E-state index in [2.05, 4.69) is 20.0 Å². The summed E-state index contributed by atoms with van der Waals surface area (Å²) in [5, 5.41) is 2.55. The van der Waals surface area contributed by atoms with E-state index in [1.54, 1.807) is 30.6 Å². The first-order valence-corrected chi connectivity index (χ1v) is 9.47. The molecule has 0 saturated heterocycles. The van der Waals surface area contributed by atoms with Crippen LogP contribution >= 0.6 is 0 Å². The second kappa shape index (κ2) is 7.58. The zero-order chi connectivity index (χ0) is 19.4. The molecule has 1 amide bonds. The normalized spacial score (nSPS) is 11.2. The summed E-state index contributed by atoms with van der Waals surface area (Å²) in [6.07, 6.45) is 6.92. The number of hydrogen-bond donors (Lipinski definition) is 1. The lowest BCUT2D eigenvalue weighted by molar-refractivity contribution is 0.170. The number of alkyl carbamates (subject to hydrolysis) is 1. The van der Waals surface area contributed by atoms with Gasteiger partial charge in [0.1, 0.15) is 4.90 Å². The Labute approximate surface area is 156 Å². The van der Waals surface area contributed by atoms with Crippen molar-refractivity contribution >= 4 is 16.1 Å². The molecule has 0 aliphatic heterocycles. The molecule has 3 rings (SSSR count). The van der Waals surface area contributed by atoms with Gasteiger partial charge in [0.15, 0.2) is 0 Å². The Hall–Kier alpha value is -3.20. The maximum atomic E-state index is 13.1. The minimum Gasteiger partial charge on any atom is -0.453 e. The Morgan fingerprint density at radius 1 is 1.22 bits per heavy atom. The number of pyridine rings is 2. The highest BCUT2D eigenvalue weighted by Crippen LogP contribution is 2.28. The first-order chi connectivity index (χ1) is 12.9. The van der Waals surface area contributed by atoms with Crippen LogP contribution in [0, 0.1) is 6.92 Å². The van der Waals surface area contributed by atoms with Crippen LogP contribution in [0.3, 0.4) is 0 Å². The quantitative estimate of drug-likeness (QED) is 0.722. The number of carbonyl (C=O) groups is 1. The van der Waals surface area contributed by atoms with Gasteiger partial charge < -0.3 is 10.1 Å².